The number of nitriles is 1. The summed E-state index contributed by atoms with van der Waals surface area (Å²) in [7, 11) is 0. The van der Waals surface area contributed by atoms with Gasteiger partial charge in [-0.25, -0.2) is 0 Å². The molecular formula is C14H17ClN2. The first-order valence-electron chi connectivity index (χ1n) is 5.96. The molecule has 0 aromatic heterocycles. The Hall–Kier alpha value is -1.04. The second kappa shape index (κ2) is 4.68. The topological polar surface area (TPSA) is 35.8 Å². The monoisotopic (exact) mass is 248 g/mol. The maximum Gasteiger partial charge on any atom is 0.0700 e. The number of hydrogen-bond donors (Lipinski definition) is 1. The van der Waals surface area contributed by atoms with Gasteiger partial charge in [0.05, 0.1) is 11.5 Å². The van der Waals surface area contributed by atoms with Crippen LogP contribution in [-0.2, 0) is 0 Å². The number of halogens is 1. The molecule has 0 bridgehead atoms. The van der Waals surface area contributed by atoms with Crippen molar-refractivity contribution in [1.29, 1.82) is 5.26 Å². The van der Waals surface area contributed by atoms with E-state index in [-0.39, 0.29) is 11.5 Å². The minimum atomic E-state index is -0.312. The minimum absolute atomic E-state index is 0.261. The number of nitrogens with one attached hydrogen (secondary N) is 1. The van der Waals surface area contributed by atoms with E-state index in [1.165, 1.54) is 5.56 Å². The standard InChI is InChI=1S/C14H17ClN2/c1-14(2,9-16)13-7-6-12(17-13)10-4-3-5-11(15)8-10/h3-5,8,12-13,17H,6-7H2,1-2H3/t12-,13-/m0/s1. The molecule has 1 N–H and O–H groups in total. The van der Waals surface area contributed by atoms with Crippen molar-refractivity contribution in [3.63, 3.8) is 0 Å². The Kier molecular flexibility index (Phi) is 3.42. The maximum atomic E-state index is 9.14. The Morgan fingerprint density at radius 2 is 2.18 bits per heavy atom. The molecule has 0 aliphatic carbocycles. The van der Waals surface area contributed by atoms with Crippen LogP contribution in [0.3, 0.4) is 0 Å². The average Bonchev–Trinajstić information content (AvgIpc) is 2.79. The first kappa shape index (κ1) is 12.4. The lowest BCUT2D eigenvalue weighted by Gasteiger charge is -2.25. The second-order valence-corrected chi connectivity index (χ2v) is 5.67. The third-order valence-corrected chi connectivity index (χ3v) is 3.79. The summed E-state index contributed by atoms with van der Waals surface area (Å²) in [6, 6.07) is 10.9. The van der Waals surface area contributed by atoms with Crippen LogP contribution in [0.2, 0.25) is 5.02 Å². The lowest BCUT2D eigenvalue weighted by atomic mass is 9.85. The molecule has 90 valence electrons. The molecule has 0 saturated carbocycles. The van der Waals surface area contributed by atoms with Crippen LogP contribution >= 0.6 is 11.6 Å². The molecule has 2 atom stereocenters. The van der Waals surface area contributed by atoms with Crippen molar-refractivity contribution < 1.29 is 0 Å². The van der Waals surface area contributed by atoms with Gasteiger partial charge in [-0.3, -0.25) is 0 Å². The Bertz CT molecular complexity index is 448. The first-order valence-corrected chi connectivity index (χ1v) is 6.33. The Balaban J connectivity index is 2.11. The zero-order chi connectivity index (χ0) is 12.5. The normalized spacial score (nSPS) is 24.6. The van der Waals surface area contributed by atoms with Gasteiger partial charge in [0, 0.05) is 17.1 Å². The summed E-state index contributed by atoms with van der Waals surface area (Å²) >= 11 is 6.00. The van der Waals surface area contributed by atoms with E-state index in [9.17, 15) is 0 Å². The highest BCUT2D eigenvalue weighted by Crippen LogP contribution is 2.35. The number of rotatable bonds is 2. The number of nitrogens with zero attached hydrogens (tertiary/aromatic N) is 1. The molecule has 0 radical (unpaired) electrons. The van der Waals surface area contributed by atoms with Gasteiger partial charge in [-0.05, 0) is 44.4 Å². The van der Waals surface area contributed by atoms with E-state index < -0.39 is 0 Å². The highest BCUT2D eigenvalue weighted by Gasteiger charge is 2.36. The molecule has 1 heterocycles. The highest BCUT2D eigenvalue weighted by molar-refractivity contribution is 6.30. The zero-order valence-electron chi connectivity index (χ0n) is 10.2. The van der Waals surface area contributed by atoms with Crippen LogP contribution in [0.1, 0.15) is 38.3 Å². The van der Waals surface area contributed by atoms with Crippen LogP contribution in [0.4, 0.5) is 0 Å². The third-order valence-electron chi connectivity index (χ3n) is 3.56. The van der Waals surface area contributed by atoms with Crippen LogP contribution < -0.4 is 5.32 Å². The van der Waals surface area contributed by atoms with Gasteiger partial charge in [-0.1, -0.05) is 23.7 Å². The SMILES string of the molecule is CC(C)(C#N)[C@@H]1CC[C@@H](c2cccc(Cl)c2)N1. The smallest absolute Gasteiger partial charge is 0.0700 e. The van der Waals surface area contributed by atoms with Crippen molar-refractivity contribution in [2.24, 2.45) is 5.41 Å². The summed E-state index contributed by atoms with van der Waals surface area (Å²) in [6.07, 6.45) is 2.11. The van der Waals surface area contributed by atoms with Crippen molar-refractivity contribution in [2.75, 3.05) is 0 Å². The van der Waals surface area contributed by atoms with Gasteiger partial charge in [0.15, 0.2) is 0 Å². The Labute approximate surface area is 108 Å². The van der Waals surface area contributed by atoms with Crippen molar-refractivity contribution >= 4 is 11.6 Å². The summed E-state index contributed by atoms with van der Waals surface area (Å²) in [5, 5.41) is 13.5. The van der Waals surface area contributed by atoms with Crippen LogP contribution in [0, 0.1) is 16.7 Å². The Morgan fingerprint density at radius 1 is 1.41 bits per heavy atom. The molecule has 0 amide bonds. The summed E-state index contributed by atoms with van der Waals surface area (Å²) in [5.74, 6) is 0. The summed E-state index contributed by atoms with van der Waals surface area (Å²) in [4.78, 5) is 0. The Morgan fingerprint density at radius 3 is 2.82 bits per heavy atom. The van der Waals surface area contributed by atoms with Gasteiger partial charge in [0.25, 0.3) is 0 Å². The van der Waals surface area contributed by atoms with Crippen LogP contribution in [0.25, 0.3) is 0 Å². The molecule has 1 aromatic rings. The summed E-state index contributed by atoms with van der Waals surface area (Å²) in [6.45, 7) is 3.98. The van der Waals surface area contributed by atoms with E-state index in [2.05, 4.69) is 17.5 Å². The third kappa shape index (κ3) is 2.62. The molecule has 1 fully saturated rings. The van der Waals surface area contributed by atoms with Gasteiger partial charge >= 0.3 is 0 Å². The van der Waals surface area contributed by atoms with Crippen LogP contribution in [0.15, 0.2) is 24.3 Å². The quantitative estimate of drug-likeness (QED) is 0.867. The molecule has 2 rings (SSSR count). The first-order chi connectivity index (χ1) is 8.03. The van der Waals surface area contributed by atoms with E-state index in [0.29, 0.717) is 6.04 Å². The molecular weight excluding hydrogens is 232 g/mol. The molecule has 1 aliphatic rings. The number of benzene rings is 1. The molecule has 1 aliphatic heterocycles. The van der Waals surface area contributed by atoms with E-state index in [1.807, 2.05) is 32.0 Å². The lowest BCUT2D eigenvalue weighted by Crippen LogP contribution is -2.37. The largest absolute Gasteiger partial charge is 0.306 e. The van der Waals surface area contributed by atoms with E-state index in [4.69, 9.17) is 16.9 Å². The molecule has 1 aromatic carbocycles. The van der Waals surface area contributed by atoms with Crippen molar-refractivity contribution in [3.05, 3.63) is 34.9 Å². The predicted molar refractivity (Wildman–Crippen MR) is 69.7 cm³/mol. The van der Waals surface area contributed by atoms with E-state index in [1.54, 1.807) is 0 Å². The van der Waals surface area contributed by atoms with E-state index >= 15 is 0 Å². The minimum Gasteiger partial charge on any atom is -0.306 e. The average molecular weight is 249 g/mol. The van der Waals surface area contributed by atoms with Crippen LogP contribution in [0.5, 0.6) is 0 Å². The van der Waals surface area contributed by atoms with Crippen LogP contribution in [-0.4, -0.2) is 6.04 Å². The fourth-order valence-corrected chi connectivity index (χ4v) is 2.57. The fourth-order valence-electron chi connectivity index (χ4n) is 2.38. The second-order valence-electron chi connectivity index (χ2n) is 5.24. The molecule has 17 heavy (non-hydrogen) atoms. The van der Waals surface area contributed by atoms with Gasteiger partial charge in [-0.2, -0.15) is 5.26 Å². The molecule has 2 nitrogen and oxygen atoms in total. The summed E-state index contributed by atoms with van der Waals surface area (Å²) < 4.78 is 0. The molecule has 0 spiro atoms. The van der Waals surface area contributed by atoms with Crippen molar-refractivity contribution in [3.8, 4) is 6.07 Å². The molecule has 1 saturated heterocycles. The van der Waals surface area contributed by atoms with Crippen molar-refractivity contribution in [2.45, 2.75) is 38.8 Å². The van der Waals surface area contributed by atoms with Crippen molar-refractivity contribution in [1.82, 2.24) is 5.32 Å². The maximum absolute atomic E-state index is 9.14. The van der Waals surface area contributed by atoms with Gasteiger partial charge in [0.1, 0.15) is 0 Å². The van der Waals surface area contributed by atoms with Gasteiger partial charge in [-0.15, -0.1) is 0 Å². The van der Waals surface area contributed by atoms with Gasteiger partial charge < -0.3 is 5.32 Å². The fraction of sp³-hybridized carbons (Fsp3) is 0.500. The zero-order valence-corrected chi connectivity index (χ0v) is 11.0. The predicted octanol–water partition coefficient (Wildman–Crippen LogP) is 3.68. The number of hydrogen-bond acceptors (Lipinski definition) is 2. The van der Waals surface area contributed by atoms with E-state index in [0.717, 1.165) is 17.9 Å². The lowest BCUT2D eigenvalue weighted by molar-refractivity contribution is 0.341. The molecule has 0 unspecified atom stereocenters. The van der Waals surface area contributed by atoms with Gasteiger partial charge in [0.2, 0.25) is 0 Å². The molecule has 3 heteroatoms. The highest BCUT2D eigenvalue weighted by atomic mass is 35.5. The summed E-state index contributed by atoms with van der Waals surface area (Å²) in [5.41, 5.74) is 0.904.